The Morgan fingerprint density at radius 3 is 2.63 bits per heavy atom. The van der Waals surface area contributed by atoms with E-state index < -0.39 is 24.5 Å². The number of pyridine rings is 1. The highest BCUT2D eigenvalue weighted by Crippen LogP contribution is 2.22. The van der Waals surface area contributed by atoms with Crippen LogP contribution < -0.4 is 10.6 Å². The van der Waals surface area contributed by atoms with Crippen LogP contribution in [0.15, 0.2) is 12.3 Å². The number of anilines is 1. The van der Waals surface area contributed by atoms with Crippen molar-refractivity contribution in [2.45, 2.75) is 25.6 Å². The van der Waals surface area contributed by atoms with E-state index in [4.69, 9.17) is 11.6 Å². The molecule has 19 heavy (non-hydrogen) atoms. The number of alkyl halides is 3. The molecular weight excluding hydrogens is 283 g/mol. The van der Waals surface area contributed by atoms with Gasteiger partial charge in [0.2, 0.25) is 0 Å². The molecule has 8 heteroatoms. The van der Waals surface area contributed by atoms with Crippen LogP contribution in [0.5, 0.6) is 0 Å². The van der Waals surface area contributed by atoms with Gasteiger partial charge >= 0.3 is 6.18 Å². The minimum absolute atomic E-state index is 0.109. The van der Waals surface area contributed by atoms with Crippen LogP contribution in [0.2, 0.25) is 5.02 Å². The van der Waals surface area contributed by atoms with E-state index in [1.807, 2.05) is 0 Å². The third-order valence-corrected chi connectivity index (χ3v) is 2.54. The Hall–Kier alpha value is -1.50. The van der Waals surface area contributed by atoms with Crippen LogP contribution in [0.4, 0.5) is 19.0 Å². The molecule has 4 nitrogen and oxygen atoms in total. The number of nitrogens with zero attached hydrogens (tertiary/aromatic N) is 1. The maximum absolute atomic E-state index is 12.1. The molecule has 0 radical (unpaired) electrons. The molecular formula is C11H13ClF3N3O. The van der Waals surface area contributed by atoms with Crippen molar-refractivity contribution in [2.24, 2.45) is 0 Å². The molecule has 1 amide bonds. The van der Waals surface area contributed by atoms with E-state index in [9.17, 15) is 18.0 Å². The smallest absolute Gasteiger partial charge is 0.372 e. The molecule has 1 aromatic rings. The van der Waals surface area contributed by atoms with Gasteiger partial charge in [-0.05, 0) is 13.0 Å². The molecule has 0 aliphatic heterocycles. The van der Waals surface area contributed by atoms with Crippen molar-refractivity contribution >= 4 is 23.3 Å². The molecule has 1 rings (SSSR count). The van der Waals surface area contributed by atoms with Crippen LogP contribution in [0.3, 0.4) is 0 Å². The lowest BCUT2D eigenvalue weighted by Gasteiger charge is -2.16. The SMILES string of the molecule is CNc1ncc(C(=O)NC(C)CC(F)(F)F)cc1Cl. The van der Waals surface area contributed by atoms with Gasteiger partial charge in [-0.15, -0.1) is 0 Å². The molecule has 0 aliphatic carbocycles. The molecule has 106 valence electrons. The number of carbonyl (C=O) groups is 1. The molecule has 0 saturated heterocycles. The predicted octanol–water partition coefficient (Wildman–Crippen LogP) is 2.85. The Labute approximate surface area is 113 Å². The minimum atomic E-state index is -4.32. The first-order valence-electron chi connectivity index (χ1n) is 5.44. The molecule has 1 atom stereocenters. The molecule has 0 bridgehead atoms. The quantitative estimate of drug-likeness (QED) is 0.898. The summed E-state index contributed by atoms with van der Waals surface area (Å²) in [6.07, 6.45) is -4.17. The Bertz CT molecular complexity index is 465. The van der Waals surface area contributed by atoms with Crippen molar-refractivity contribution < 1.29 is 18.0 Å². The minimum Gasteiger partial charge on any atom is -0.372 e. The largest absolute Gasteiger partial charge is 0.391 e. The summed E-state index contributed by atoms with van der Waals surface area (Å²) in [5, 5.41) is 5.17. The number of hydrogen-bond acceptors (Lipinski definition) is 3. The number of aromatic nitrogens is 1. The van der Waals surface area contributed by atoms with Gasteiger partial charge in [-0.1, -0.05) is 11.6 Å². The normalized spacial score (nSPS) is 12.9. The van der Waals surface area contributed by atoms with E-state index in [1.54, 1.807) is 7.05 Å². The zero-order valence-corrected chi connectivity index (χ0v) is 11.1. The van der Waals surface area contributed by atoms with Crippen molar-refractivity contribution in [1.29, 1.82) is 0 Å². The standard InChI is InChI=1S/C11H13ClF3N3O/c1-6(4-11(13,14)15)18-10(19)7-3-8(12)9(16-2)17-5-7/h3,5-6H,4H2,1-2H3,(H,16,17)(H,18,19). The zero-order chi connectivity index (χ0) is 14.6. The first kappa shape index (κ1) is 15.6. The number of rotatable bonds is 4. The molecule has 0 saturated carbocycles. The summed E-state index contributed by atoms with van der Waals surface area (Å²) in [7, 11) is 1.61. The van der Waals surface area contributed by atoms with Crippen molar-refractivity contribution in [3.05, 3.63) is 22.8 Å². The van der Waals surface area contributed by atoms with E-state index in [0.29, 0.717) is 5.82 Å². The van der Waals surface area contributed by atoms with E-state index in [0.717, 1.165) is 0 Å². The summed E-state index contributed by atoms with van der Waals surface area (Å²) < 4.78 is 36.4. The third kappa shape index (κ3) is 4.94. The Morgan fingerprint density at radius 1 is 1.53 bits per heavy atom. The highest BCUT2D eigenvalue weighted by Gasteiger charge is 2.30. The lowest BCUT2D eigenvalue weighted by molar-refractivity contribution is -0.138. The van der Waals surface area contributed by atoms with E-state index in [-0.39, 0.29) is 10.6 Å². The van der Waals surface area contributed by atoms with Crippen LogP contribution in [0.25, 0.3) is 0 Å². The first-order chi connectivity index (χ1) is 8.73. The van der Waals surface area contributed by atoms with Crippen LogP contribution in [0, 0.1) is 0 Å². The van der Waals surface area contributed by atoms with Crippen molar-refractivity contribution in [2.75, 3.05) is 12.4 Å². The van der Waals surface area contributed by atoms with Gasteiger partial charge in [0.25, 0.3) is 5.91 Å². The third-order valence-electron chi connectivity index (χ3n) is 2.26. The second kappa shape index (κ2) is 6.10. The summed E-state index contributed by atoms with van der Waals surface area (Å²) >= 11 is 5.83. The number of amides is 1. The lowest BCUT2D eigenvalue weighted by atomic mass is 10.2. The molecule has 1 heterocycles. The van der Waals surface area contributed by atoms with Crippen LogP contribution in [-0.4, -0.2) is 30.2 Å². The number of halogens is 4. The number of hydrogen-bond donors (Lipinski definition) is 2. The van der Waals surface area contributed by atoms with Crippen LogP contribution >= 0.6 is 11.6 Å². The highest BCUT2D eigenvalue weighted by atomic mass is 35.5. The molecule has 0 spiro atoms. The molecule has 1 aromatic heterocycles. The number of carbonyl (C=O) groups excluding carboxylic acids is 1. The van der Waals surface area contributed by atoms with Gasteiger partial charge in [0.05, 0.1) is 17.0 Å². The van der Waals surface area contributed by atoms with Gasteiger partial charge in [0.1, 0.15) is 5.82 Å². The summed E-state index contributed by atoms with van der Waals surface area (Å²) in [5.74, 6) is -0.254. The van der Waals surface area contributed by atoms with Crippen molar-refractivity contribution in [1.82, 2.24) is 10.3 Å². The van der Waals surface area contributed by atoms with Crippen LogP contribution in [-0.2, 0) is 0 Å². The fraction of sp³-hybridized carbons (Fsp3) is 0.455. The summed E-state index contributed by atoms with van der Waals surface area (Å²) in [6.45, 7) is 1.28. The average Bonchev–Trinajstić information content (AvgIpc) is 2.26. The second-order valence-corrected chi connectivity index (χ2v) is 4.41. The molecule has 0 aromatic carbocycles. The highest BCUT2D eigenvalue weighted by molar-refractivity contribution is 6.33. The molecule has 0 fully saturated rings. The van der Waals surface area contributed by atoms with Gasteiger partial charge in [-0.2, -0.15) is 13.2 Å². The van der Waals surface area contributed by atoms with Gasteiger partial charge < -0.3 is 10.6 Å². The van der Waals surface area contributed by atoms with Gasteiger partial charge in [0, 0.05) is 19.3 Å². The maximum Gasteiger partial charge on any atom is 0.391 e. The summed E-state index contributed by atoms with van der Waals surface area (Å²) in [4.78, 5) is 15.6. The maximum atomic E-state index is 12.1. The van der Waals surface area contributed by atoms with E-state index in [2.05, 4.69) is 15.6 Å². The lowest BCUT2D eigenvalue weighted by Crippen LogP contribution is -2.36. The van der Waals surface area contributed by atoms with Gasteiger partial charge in [0.15, 0.2) is 0 Å². The second-order valence-electron chi connectivity index (χ2n) is 4.00. The molecule has 1 unspecified atom stereocenters. The summed E-state index contributed by atoms with van der Waals surface area (Å²) in [6, 6.07) is 0.325. The molecule has 2 N–H and O–H groups in total. The summed E-state index contributed by atoms with van der Waals surface area (Å²) in [5.41, 5.74) is 0.109. The first-order valence-corrected chi connectivity index (χ1v) is 5.81. The fourth-order valence-electron chi connectivity index (χ4n) is 1.45. The topological polar surface area (TPSA) is 54.0 Å². The Morgan fingerprint density at radius 2 is 2.16 bits per heavy atom. The number of nitrogens with one attached hydrogen (secondary N) is 2. The van der Waals surface area contributed by atoms with Crippen molar-refractivity contribution in [3.63, 3.8) is 0 Å². The van der Waals surface area contributed by atoms with Crippen LogP contribution in [0.1, 0.15) is 23.7 Å². The van der Waals surface area contributed by atoms with Gasteiger partial charge in [-0.3, -0.25) is 4.79 Å². The Kier molecular flexibility index (Phi) is 4.99. The van der Waals surface area contributed by atoms with E-state index >= 15 is 0 Å². The van der Waals surface area contributed by atoms with E-state index in [1.165, 1.54) is 19.2 Å². The fourth-order valence-corrected chi connectivity index (χ4v) is 1.71. The van der Waals surface area contributed by atoms with Crippen molar-refractivity contribution in [3.8, 4) is 0 Å². The molecule has 0 aliphatic rings. The zero-order valence-electron chi connectivity index (χ0n) is 10.3. The Balaban J connectivity index is 2.71. The van der Waals surface area contributed by atoms with Gasteiger partial charge in [-0.25, -0.2) is 4.98 Å². The average molecular weight is 296 g/mol. The monoisotopic (exact) mass is 295 g/mol. The predicted molar refractivity (Wildman–Crippen MR) is 66.4 cm³/mol.